The van der Waals surface area contributed by atoms with Crippen molar-refractivity contribution in [3.05, 3.63) is 63.6 Å². The Balaban J connectivity index is 1.98. The molecule has 0 aliphatic heterocycles. The van der Waals surface area contributed by atoms with Gasteiger partial charge in [-0.25, -0.2) is 5.43 Å². The van der Waals surface area contributed by atoms with Gasteiger partial charge in [0.2, 0.25) is 0 Å². The highest BCUT2D eigenvalue weighted by molar-refractivity contribution is 6.38. The molecule has 1 N–H and O–H groups in total. The Hall–Kier alpha value is -2.04. The molecule has 0 aromatic heterocycles. The molecule has 23 heavy (non-hydrogen) atoms. The predicted octanol–water partition coefficient (Wildman–Crippen LogP) is 4.55. The van der Waals surface area contributed by atoms with Crippen LogP contribution in [0, 0.1) is 0 Å². The predicted molar refractivity (Wildman–Crippen MR) is 93.8 cm³/mol. The molecule has 6 heteroatoms. The lowest BCUT2D eigenvalue weighted by Gasteiger charge is -2.05. The van der Waals surface area contributed by atoms with Gasteiger partial charge in [0.15, 0.2) is 0 Å². The molecule has 0 aliphatic rings. The molecule has 120 valence electrons. The molecule has 0 heterocycles. The van der Waals surface area contributed by atoms with Gasteiger partial charge in [0.05, 0.1) is 22.9 Å². The van der Waals surface area contributed by atoms with Gasteiger partial charge in [-0.15, -0.1) is 0 Å². The molecule has 4 nitrogen and oxygen atoms in total. The Kier molecular flexibility index (Phi) is 6.44. The van der Waals surface area contributed by atoms with Crippen LogP contribution in [0.25, 0.3) is 0 Å². The highest BCUT2D eigenvalue weighted by Gasteiger charge is 2.05. The number of rotatable bonds is 6. The first-order valence-corrected chi connectivity index (χ1v) is 7.87. The van der Waals surface area contributed by atoms with Crippen molar-refractivity contribution in [1.29, 1.82) is 0 Å². The van der Waals surface area contributed by atoms with Crippen LogP contribution >= 0.6 is 23.2 Å². The van der Waals surface area contributed by atoms with Crippen LogP contribution in [0.1, 0.15) is 29.3 Å². The van der Waals surface area contributed by atoms with Crippen LogP contribution in [0.5, 0.6) is 5.75 Å². The second-order valence-electron chi connectivity index (χ2n) is 4.71. The third-order valence-corrected chi connectivity index (χ3v) is 3.61. The number of benzene rings is 2. The quantitative estimate of drug-likeness (QED) is 0.613. The summed E-state index contributed by atoms with van der Waals surface area (Å²) in [5, 5.41) is 4.82. The van der Waals surface area contributed by atoms with Crippen molar-refractivity contribution in [3.63, 3.8) is 0 Å². The van der Waals surface area contributed by atoms with Crippen molar-refractivity contribution in [2.75, 3.05) is 6.61 Å². The standard InChI is InChI=1S/C17H16Cl2N2O2/c1-2-10-23-13-8-6-12(7-9-13)17(22)21-20-11-14-15(18)4-3-5-16(14)19/h3-9,11H,2,10H2,1H3,(H,21,22). The van der Waals surface area contributed by atoms with Gasteiger partial charge in [0.25, 0.3) is 5.91 Å². The molecule has 0 saturated carbocycles. The summed E-state index contributed by atoms with van der Waals surface area (Å²) in [6.07, 6.45) is 2.35. The van der Waals surface area contributed by atoms with Gasteiger partial charge in [-0.05, 0) is 42.8 Å². The van der Waals surface area contributed by atoms with Crippen LogP contribution in [-0.2, 0) is 0 Å². The van der Waals surface area contributed by atoms with Crippen LogP contribution in [0.15, 0.2) is 47.6 Å². The topological polar surface area (TPSA) is 50.7 Å². The van der Waals surface area contributed by atoms with E-state index in [-0.39, 0.29) is 5.91 Å². The van der Waals surface area contributed by atoms with E-state index in [9.17, 15) is 4.79 Å². The monoisotopic (exact) mass is 350 g/mol. The maximum absolute atomic E-state index is 12.0. The van der Waals surface area contributed by atoms with Crippen molar-refractivity contribution in [2.24, 2.45) is 5.10 Å². The highest BCUT2D eigenvalue weighted by Crippen LogP contribution is 2.22. The Morgan fingerprint density at radius 2 is 1.83 bits per heavy atom. The van der Waals surface area contributed by atoms with Crippen molar-refractivity contribution >= 4 is 35.3 Å². The molecule has 0 aliphatic carbocycles. The van der Waals surface area contributed by atoms with E-state index in [0.717, 1.165) is 12.2 Å². The molecular formula is C17H16Cl2N2O2. The van der Waals surface area contributed by atoms with Crippen LogP contribution in [0.2, 0.25) is 10.0 Å². The average molecular weight is 351 g/mol. The van der Waals surface area contributed by atoms with Gasteiger partial charge in [-0.3, -0.25) is 4.79 Å². The molecule has 2 aromatic carbocycles. The molecule has 2 rings (SSSR count). The molecule has 2 aromatic rings. The number of nitrogens with one attached hydrogen (secondary N) is 1. The maximum atomic E-state index is 12.0. The van der Waals surface area contributed by atoms with E-state index in [1.807, 2.05) is 6.92 Å². The van der Waals surface area contributed by atoms with Gasteiger partial charge in [-0.2, -0.15) is 5.10 Å². The van der Waals surface area contributed by atoms with Crippen LogP contribution in [0.3, 0.4) is 0 Å². The van der Waals surface area contributed by atoms with Gasteiger partial charge in [0, 0.05) is 11.1 Å². The second-order valence-corrected chi connectivity index (χ2v) is 5.52. The van der Waals surface area contributed by atoms with Crippen molar-refractivity contribution in [2.45, 2.75) is 13.3 Å². The highest BCUT2D eigenvalue weighted by atomic mass is 35.5. The summed E-state index contributed by atoms with van der Waals surface area (Å²) in [6, 6.07) is 12.0. The first-order chi connectivity index (χ1) is 11.1. The van der Waals surface area contributed by atoms with E-state index in [1.54, 1.807) is 42.5 Å². The van der Waals surface area contributed by atoms with E-state index >= 15 is 0 Å². The van der Waals surface area contributed by atoms with Crippen molar-refractivity contribution in [1.82, 2.24) is 5.43 Å². The van der Waals surface area contributed by atoms with Crippen molar-refractivity contribution < 1.29 is 9.53 Å². The summed E-state index contributed by atoms with van der Waals surface area (Å²) < 4.78 is 5.46. The Morgan fingerprint density at radius 1 is 1.17 bits per heavy atom. The Labute approximate surface area is 145 Å². The number of nitrogens with zero attached hydrogens (tertiary/aromatic N) is 1. The minimum Gasteiger partial charge on any atom is -0.494 e. The summed E-state index contributed by atoms with van der Waals surface area (Å²) in [7, 11) is 0. The van der Waals surface area contributed by atoms with Gasteiger partial charge >= 0.3 is 0 Å². The third kappa shape index (κ3) is 4.98. The number of hydrogen-bond acceptors (Lipinski definition) is 3. The molecule has 1 amide bonds. The normalized spacial score (nSPS) is 10.7. The summed E-state index contributed by atoms with van der Waals surface area (Å²) in [5.74, 6) is 0.404. The number of carbonyl (C=O) groups excluding carboxylic acids is 1. The first kappa shape index (κ1) is 17.3. The average Bonchev–Trinajstić information content (AvgIpc) is 2.56. The number of halogens is 2. The fraction of sp³-hybridized carbons (Fsp3) is 0.176. The zero-order valence-corrected chi connectivity index (χ0v) is 14.1. The number of hydrogen-bond donors (Lipinski definition) is 1. The SMILES string of the molecule is CCCOc1ccc(C(=O)NN=Cc2c(Cl)cccc2Cl)cc1. The maximum Gasteiger partial charge on any atom is 0.271 e. The zero-order chi connectivity index (χ0) is 16.7. The number of hydrazone groups is 1. The summed E-state index contributed by atoms with van der Waals surface area (Å²) in [4.78, 5) is 12.0. The lowest BCUT2D eigenvalue weighted by Crippen LogP contribution is -2.17. The first-order valence-electron chi connectivity index (χ1n) is 7.12. The van der Waals surface area contributed by atoms with Crippen molar-refractivity contribution in [3.8, 4) is 5.75 Å². The van der Waals surface area contributed by atoms with E-state index in [2.05, 4.69) is 10.5 Å². The fourth-order valence-corrected chi connectivity index (χ4v) is 2.27. The van der Waals surface area contributed by atoms with Crippen LogP contribution in [-0.4, -0.2) is 18.7 Å². The number of ether oxygens (including phenoxy) is 1. The lowest BCUT2D eigenvalue weighted by molar-refractivity contribution is 0.0955. The summed E-state index contributed by atoms with van der Waals surface area (Å²) in [5.41, 5.74) is 3.47. The molecule has 0 atom stereocenters. The Bertz CT molecular complexity index is 680. The second kappa shape index (κ2) is 8.56. The van der Waals surface area contributed by atoms with E-state index in [0.29, 0.717) is 27.8 Å². The van der Waals surface area contributed by atoms with Gasteiger partial charge < -0.3 is 4.74 Å². The number of amides is 1. The van der Waals surface area contributed by atoms with Gasteiger partial charge in [0.1, 0.15) is 5.75 Å². The third-order valence-electron chi connectivity index (χ3n) is 2.95. The van der Waals surface area contributed by atoms with Crippen LogP contribution < -0.4 is 10.2 Å². The largest absolute Gasteiger partial charge is 0.494 e. The molecule has 0 saturated heterocycles. The van der Waals surface area contributed by atoms with Crippen LogP contribution in [0.4, 0.5) is 0 Å². The van der Waals surface area contributed by atoms with E-state index in [1.165, 1.54) is 6.21 Å². The van der Waals surface area contributed by atoms with E-state index < -0.39 is 0 Å². The molecule has 0 fully saturated rings. The molecule has 0 unspecified atom stereocenters. The fourth-order valence-electron chi connectivity index (χ4n) is 1.78. The lowest BCUT2D eigenvalue weighted by atomic mass is 10.2. The molecule has 0 radical (unpaired) electrons. The zero-order valence-electron chi connectivity index (χ0n) is 12.6. The molecular weight excluding hydrogens is 335 g/mol. The van der Waals surface area contributed by atoms with Gasteiger partial charge in [-0.1, -0.05) is 36.2 Å². The minimum atomic E-state index is -0.327. The minimum absolute atomic E-state index is 0.327. The summed E-state index contributed by atoms with van der Waals surface area (Å²) in [6.45, 7) is 2.68. The summed E-state index contributed by atoms with van der Waals surface area (Å²) >= 11 is 12.0. The molecule has 0 spiro atoms. The Morgan fingerprint density at radius 3 is 2.43 bits per heavy atom. The number of carbonyl (C=O) groups is 1. The van der Waals surface area contributed by atoms with E-state index in [4.69, 9.17) is 27.9 Å². The smallest absolute Gasteiger partial charge is 0.271 e. The molecule has 0 bridgehead atoms.